The van der Waals surface area contributed by atoms with Crippen LogP contribution in [0.5, 0.6) is 11.5 Å². The fourth-order valence-corrected chi connectivity index (χ4v) is 2.17. The van der Waals surface area contributed by atoms with Gasteiger partial charge in [-0.25, -0.2) is 0 Å². The third-order valence-corrected chi connectivity index (χ3v) is 3.54. The lowest BCUT2D eigenvalue weighted by molar-refractivity contribution is 0.470. The van der Waals surface area contributed by atoms with E-state index < -0.39 is 0 Å². The van der Waals surface area contributed by atoms with Gasteiger partial charge in [0.2, 0.25) is 0 Å². The molecular weight excluding hydrogens is 262 g/mol. The van der Waals surface area contributed by atoms with Gasteiger partial charge in [-0.3, -0.25) is 4.99 Å². The van der Waals surface area contributed by atoms with E-state index in [1.54, 1.807) is 18.3 Å². The smallest absolute Gasteiger partial charge is 0.118 e. The second-order valence-corrected chi connectivity index (χ2v) is 5.66. The predicted octanol–water partition coefficient (Wildman–Crippen LogP) is 4.59. The maximum Gasteiger partial charge on any atom is 0.118 e. The van der Waals surface area contributed by atoms with Gasteiger partial charge < -0.3 is 10.2 Å². The zero-order valence-electron chi connectivity index (χ0n) is 12.9. The lowest BCUT2D eigenvalue weighted by Crippen LogP contribution is -1.91. The number of aromatic hydroxyl groups is 2. The zero-order valence-corrected chi connectivity index (χ0v) is 12.9. The Hall–Kier alpha value is -2.29. The highest BCUT2D eigenvalue weighted by Crippen LogP contribution is 2.32. The van der Waals surface area contributed by atoms with Crippen LogP contribution in [0.15, 0.2) is 35.3 Å². The van der Waals surface area contributed by atoms with Gasteiger partial charge >= 0.3 is 0 Å². The van der Waals surface area contributed by atoms with Gasteiger partial charge in [0.05, 0.1) is 5.69 Å². The molecule has 0 saturated heterocycles. The zero-order chi connectivity index (χ0) is 15.6. The van der Waals surface area contributed by atoms with Crippen molar-refractivity contribution in [1.29, 1.82) is 0 Å². The van der Waals surface area contributed by atoms with Crippen LogP contribution in [0.4, 0.5) is 5.69 Å². The first-order valence-electron chi connectivity index (χ1n) is 7.05. The number of nitrogens with zero attached hydrogens (tertiary/aromatic N) is 1. The largest absolute Gasteiger partial charge is 0.508 e. The van der Waals surface area contributed by atoms with Gasteiger partial charge in [0, 0.05) is 6.21 Å². The third-order valence-electron chi connectivity index (χ3n) is 3.54. The molecule has 0 spiro atoms. The van der Waals surface area contributed by atoms with E-state index in [0.29, 0.717) is 5.75 Å². The van der Waals surface area contributed by atoms with Crippen molar-refractivity contribution in [3.05, 3.63) is 52.6 Å². The highest BCUT2D eigenvalue weighted by molar-refractivity contribution is 5.83. The summed E-state index contributed by atoms with van der Waals surface area (Å²) in [5.41, 5.74) is 4.46. The number of phenolic OH excluding ortho intramolecular Hbond substituents is 2. The van der Waals surface area contributed by atoms with E-state index in [-0.39, 0.29) is 11.7 Å². The molecule has 0 amide bonds. The topological polar surface area (TPSA) is 52.8 Å². The Balaban J connectivity index is 2.40. The van der Waals surface area contributed by atoms with E-state index in [1.807, 2.05) is 32.0 Å². The molecule has 0 bridgehead atoms. The van der Waals surface area contributed by atoms with Crippen molar-refractivity contribution in [3.63, 3.8) is 0 Å². The van der Waals surface area contributed by atoms with Crippen LogP contribution in [0.2, 0.25) is 0 Å². The predicted molar refractivity (Wildman–Crippen MR) is 87.0 cm³/mol. The average Bonchev–Trinajstić information content (AvgIpc) is 2.43. The minimum absolute atomic E-state index is 0.283. The van der Waals surface area contributed by atoms with E-state index in [0.717, 1.165) is 27.9 Å². The van der Waals surface area contributed by atoms with Gasteiger partial charge in [0.25, 0.3) is 0 Å². The van der Waals surface area contributed by atoms with Gasteiger partial charge in [-0.15, -0.1) is 0 Å². The molecule has 0 radical (unpaired) electrons. The van der Waals surface area contributed by atoms with Crippen LogP contribution in [0, 0.1) is 13.8 Å². The maximum atomic E-state index is 9.85. The highest BCUT2D eigenvalue weighted by atomic mass is 16.3. The number of hydrogen-bond acceptors (Lipinski definition) is 3. The summed E-state index contributed by atoms with van der Waals surface area (Å²) in [6.45, 7) is 7.88. The summed E-state index contributed by atoms with van der Waals surface area (Å²) in [6, 6.07) is 9.07. The average molecular weight is 283 g/mol. The molecule has 0 aliphatic heterocycles. The summed E-state index contributed by atoms with van der Waals surface area (Å²) >= 11 is 0. The Labute approximate surface area is 125 Å². The quantitative estimate of drug-likeness (QED) is 0.809. The van der Waals surface area contributed by atoms with Crippen molar-refractivity contribution in [3.8, 4) is 11.5 Å². The molecule has 0 aliphatic carbocycles. The maximum absolute atomic E-state index is 9.85. The van der Waals surface area contributed by atoms with Gasteiger partial charge in [0.15, 0.2) is 0 Å². The molecule has 110 valence electrons. The van der Waals surface area contributed by atoms with Gasteiger partial charge in [-0.2, -0.15) is 0 Å². The summed E-state index contributed by atoms with van der Waals surface area (Å²) in [7, 11) is 0. The third kappa shape index (κ3) is 3.43. The summed E-state index contributed by atoms with van der Waals surface area (Å²) in [5.74, 6) is 0.874. The number of benzene rings is 2. The number of aryl methyl sites for hydroxylation is 2. The van der Waals surface area contributed by atoms with Crippen molar-refractivity contribution in [2.24, 2.45) is 4.99 Å². The molecule has 0 aliphatic rings. The van der Waals surface area contributed by atoms with Gasteiger partial charge in [-0.05, 0) is 72.4 Å². The van der Waals surface area contributed by atoms with E-state index in [4.69, 9.17) is 0 Å². The highest BCUT2D eigenvalue weighted by Gasteiger charge is 2.09. The second-order valence-electron chi connectivity index (χ2n) is 5.66. The first-order chi connectivity index (χ1) is 9.88. The Morgan fingerprint density at radius 2 is 1.62 bits per heavy atom. The molecule has 0 heterocycles. The molecule has 0 atom stereocenters. The van der Waals surface area contributed by atoms with E-state index in [9.17, 15) is 10.2 Å². The van der Waals surface area contributed by atoms with E-state index in [2.05, 4.69) is 18.8 Å². The lowest BCUT2D eigenvalue weighted by Gasteiger charge is -2.11. The van der Waals surface area contributed by atoms with E-state index in [1.165, 1.54) is 0 Å². The number of rotatable bonds is 3. The van der Waals surface area contributed by atoms with Crippen LogP contribution in [-0.4, -0.2) is 16.4 Å². The molecular formula is C18H21NO2. The van der Waals surface area contributed by atoms with Crippen molar-refractivity contribution in [1.82, 2.24) is 0 Å². The van der Waals surface area contributed by atoms with Crippen LogP contribution in [0.25, 0.3) is 0 Å². The molecule has 0 unspecified atom stereocenters. The van der Waals surface area contributed by atoms with E-state index >= 15 is 0 Å². The van der Waals surface area contributed by atoms with Crippen molar-refractivity contribution >= 4 is 11.9 Å². The van der Waals surface area contributed by atoms with Crippen molar-refractivity contribution in [2.45, 2.75) is 33.6 Å². The Morgan fingerprint density at radius 1 is 0.952 bits per heavy atom. The Morgan fingerprint density at radius 3 is 2.24 bits per heavy atom. The minimum Gasteiger partial charge on any atom is -0.508 e. The van der Waals surface area contributed by atoms with Crippen LogP contribution < -0.4 is 0 Å². The fraction of sp³-hybridized carbons (Fsp3) is 0.278. The molecule has 0 saturated carbocycles. The van der Waals surface area contributed by atoms with Crippen LogP contribution in [0.3, 0.4) is 0 Å². The standard InChI is InChI=1S/C18H21NO2/c1-11(2)15-9-18(21)13(4)8-16(15)19-10-14-5-6-17(20)12(3)7-14/h5-11,20-21H,1-4H3/b19-10+. The second kappa shape index (κ2) is 6.00. The van der Waals surface area contributed by atoms with Gasteiger partial charge in [0.1, 0.15) is 11.5 Å². The normalized spacial score (nSPS) is 11.5. The van der Waals surface area contributed by atoms with Gasteiger partial charge in [-0.1, -0.05) is 13.8 Å². The fourth-order valence-electron chi connectivity index (χ4n) is 2.17. The molecule has 2 aromatic carbocycles. The molecule has 3 heteroatoms. The van der Waals surface area contributed by atoms with Crippen molar-refractivity contribution in [2.75, 3.05) is 0 Å². The molecule has 21 heavy (non-hydrogen) atoms. The SMILES string of the molecule is Cc1cc(/C=N/c2cc(C)c(O)cc2C(C)C)ccc1O. The number of aliphatic imine (C=N–C) groups is 1. The summed E-state index contributed by atoms with van der Waals surface area (Å²) in [4.78, 5) is 4.55. The first kappa shape index (κ1) is 15.1. The van der Waals surface area contributed by atoms with Crippen molar-refractivity contribution < 1.29 is 10.2 Å². The summed E-state index contributed by atoms with van der Waals surface area (Å²) < 4.78 is 0. The molecule has 0 aromatic heterocycles. The summed E-state index contributed by atoms with van der Waals surface area (Å²) in [6.07, 6.45) is 1.78. The molecule has 2 aromatic rings. The Kier molecular flexibility index (Phi) is 4.32. The monoisotopic (exact) mass is 283 g/mol. The number of phenols is 2. The molecule has 0 fully saturated rings. The first-order valence-corrected chi connectivity index (χ1v) is 7.05. The summed E-state index contributed by atoms with van der Waals surface area (Å²) in [5, 5.41) is 19.4. The molecule has 3 nitrogen and oxygen atoms in total. The van der Waals surface area contributed by atoms with Crippen LogP contribution >= 0.6 is 0 Å². The molecule has 2 N–H and O–H groups in total. The van der Waals surface area contributed by atoms with Crippen LogP contribution in [0.1, 0.15) is 42.0 Å². The molecule has 2 rings (SSSR count). The lowest BCUT2D eigenvalue weighted by atomic mass is 9.99. The number of hydrogen-bond donors (Lipinski definition) is 2. The van der Waals surface area contributed by atoms with Crippen LogP contribution in [-0.2, 0) is 0 Å². The minimum atomic E-state index is 0.283. The Bertz CT molecular complexity index is 688.